The van der Waals surface area contributed by atoms with Gasteiger partial charge >= 0.3 is 0 Å². The van der Waals surface area contributed by atoms with Gasteiger partial charge in [0.25, 0.3) is 0 Å². The molecule has 170 valence electrons. The van der Waals surface area contributed by atoms with Gasteiger partial charge in [-0.2, -0.15) is 0 Å². The van der Waals surface area contributed by atoms with Crippen molar-refractivity contribution in [1.82, 2.24) is 14.8 Å². The van der Waals surface area contributed by atoms with E-state index in [-0.39, 0.29) is 18.0 Å². The molecule has 0 bridgehead atoms. The lowest BCUT2D eigenvalue weighted by Crippen LogP contribution is -2.30. The molecule has 1 aromatic heterocycles. The van der Waals surface area contributed by atoms with E-state index in [9.17, 15) is 22.0 Å². The molecule has 1 amide bonds. The normalized spacial score (nSPS) is 11.4. The number of thioether (sulfide) groups is 1. The number of carbonyl (C=O) groups is 1. The van der Waals surface area contributed by atoms with E-state index in [4.69, 9.17) is 0 Å². The fraction of sp³-hybridized carbons (Fsp3) is 0.250. The molecule has 0 unspecified atom stereocenters. The van der Waals surface area contributed by atoms with E-state index in [1.807, 2.05) is 19.1 Å². The molecule has 32 heavy (non-hydrogen) atoms. The summed E-state index contributed by atoms with van der Waals surface area (Å²) in [6.07, 6.45) is 1.11. The van der Waals surface area contributed by atoms with Gasteiger partial charge in [0, 0.05) is 18.8 Å². The molecule has 0 saturated carbocycles. The summed E-state index contributed by atoms with van der Waals surface area (Å²) >= 11 is 1.08. The van der Waals surface area contributed by atoms with Gasteiger partial charge in [0.2, 0.25) is 15.9 Å². The average molecular weight is 482 g/mol. The second kappa shape index (κ2) is 9.65. The van der Waals surface area contributed by atoms with Crippen molar-refractivity contribution in [2.24, 2.45) is 7.05 Å². The molecule has 3 rings (SSSR count). The fourth-order valence-electron chi connectivity index (χ4n) is 2.75. The van der Waals surface area contributed by atoms with Crippen molar-refractivity contribution in [2.75, 3.05) is 21.6 Å². The van der Waals surface area contributed by atoms with Gasteiger partial charge in [-0.1, -0.05) is 29.5 Å². The molecular weight excluding hydrogens is 460 g/mol. The van der Waals surface area contributed by atoms with Crippen molar-refractivity contribution >= 4 is 39.1 Å². The third kappa shape index (κ3) is 5.82. The minimum Gasteiger partial charge on any atom is -0.325 e. The number of carbonyl (C=O) groups excluding carboxylic acids is 1. The summed E-state index contributed by atoms with van der Waals surface area (Å²) in [6.45, 7) is 1.87. The predicted octanol–water partition coefficient (Wildman–Crippen LogP) is 3.10. The van der Waals surface area contributed by atoms with Crippen molar-refractivity contribution in [3.05, 3.63) is 65.5 Å². The molecule has 12 heteroatoms. The first-order valence-corrected chi connectivity index (χ1v) is 12.2. The van der Waals surface area contributed by atoms with Gasteiger partial charge in [0.1, 0.15) is 0 Å². The number of aryl methyl sites for hydroxylation is 1. The molecule has 8 nitrogen and oxygen atoms in total. The lowest BCUT2D eigenvalue weighted by molar-refractivity contribution is -0.113. The van der Waals surface area contributed by atoms with E-state index >= 15 is 0 Å². The standard InChI is InChI=1S/C20H21F2N5O3S2/c1-13-4-7-15(8-5-13)27(32(3,29)30)11-18-24-25-20(26(18)2)31-12-19(28)23-14-6-9-16(21)17(22)10-14/h4-10H,11-12H2,1-3H3,(H,23,28). The van der Waals surface area contributed by atoms with Gasteiger partial charge in [-0.25, -0.2) is 17.2 Å². The number of aromatic nitrogens is 3. The Morgan fingerprint density at radius 1 is 1.12 bits per heavy atom. The predicted molar refractivity (Wildman–Crippen MR) is 119 cm³/mol. The van der Waals surface area contributed by atoms with Gasteiger partial charge in [-0.3, -0.25) is 9.10 Å². The molecule has 3 aromatic rings. The topological polar surface area (TPSA) is 97.2 Å². The summed E-state index contributed by atoms with van der Waals surface area (Å²) in [5.74, 6) is -2.17. The fourth-order valence-corrected chi connectivity index (χ4v) is 4.33. The molecule has 0 atom stereocenters. The first kappa shape index (κ1) is 23.7. The minimum absolute atomic E-state index is 0.0347. The Labute approximate surface area is 188 Å². The highest BCUT2D eigenvalue weighted by Gasteiger charge is 2.21. The summed E-state index contributed by atoms with van der Waals surface area (Å²) in [6, 6.07) is 10.1. The summed E-state index contributed by atoms with van der Waals surface area (Å²) in [7, 11) is -1.91. The van der Waals surface area contributed by atoms with Gasteiger partial charge in [-0.05, 0) is 31.2 Å². The Morgan fingerprint density at radius 3 is 2.44 bits per heavy atom. The van der Waals surface area contributed by atoms with Crippen LogP contribution in [-0.2, 0) is 28.4 Å². The van der Waals surface area contributed by atoms with Crippen molar-refractivity contribution in [1.29, 1.82) is 0 Å². The molecular formula is C20H21F2N5O3S2. The zero-order valence-electron chi connectivity index (χ0n) is 17.5. The quantitative estimate of drug-likeness (QED) is 0.497. The number of halogens is 2. The number of hydrogen-bond donors (Lipinski definition) is 1. The number of hydrogen-bond acceptors (Lipinski definition) is 6. The zero-order chi connectivity index (χ0) is 23.5. The van der Waals surface area contributed by atoms with Crippen LogP contribution in [0.3, 0.4) is 0 Å². The van der Waals surface area contributed by atoms with Crippen LogP contribution < -0.4 is 9.62 Å². The van der Waals surface area contributed by atoms with Crippen LogP contribution in [0.15, 0.2) is 47.6 Å². The van der Waals surface area contributed by atoms with Crippen LogP contribution in [0, 0.1) is 18.6 Å². The first-order valence-electron chi connectivity index (χ1n) is 9.35. The molecule has 0 aliphatic rings. The molecule has 0 radical (unpaired) electrons. The highest BCUT2D eigenvalue weighted by atomic mass is 32.2. The summed E-state index contributed by atoms with van der Waals surface area (Å²) in [5, 5.41) is 11.0. The maximum atomic E-state index is 13.3. The molecule has 1 heterocycles. The van der Waals surface area contributed by atoms with Gasteiger partial charge in [0.05, 0.1) is 24.2 Å². The average Bonchev–Trinajstić information content (AvgIpc) is 3.07. The molecule has 0 saturated heterocycles. The molecule has 1 N–H and O–H groups in total. The highest BCUT2D eigenvalue weighted by Crippen LogP contribution is 2.23. The van der Waals surface area contributed by atoms with Crippen LogP contribution in [-0.4, -0.2) is 41.1 Å². The summed E-state index contributed by atoms with van der Waals surface area (Å²) in [4.78, 5) is 12.1. The van der Waals surface area contributed by atoms with Crippen molar-refractivity contribution in [2.45, 2.75) is 18.6 Å². The Balaban J connectivity index is 1.68. The molecule has 0 aliphatic carbocycles. The third-order valence-electron chi connectivity index (χ3n) is 4.47. The SMILES string of the molecule is Cc1ccc(N(Cc2nnc(SCC(=O)Nc3ccc(F)c(F)c3)n2C)S(C)(=O)=O)cc1. The lowest BCUT2D eigenvalue weighted by atomic mass is 10.2. The second-order valence-corrected chi connectivity index (χ2v) is 9.88. The molecule has 0 aliphatic heterocycles. The van der Waals surface area contributed by atoms with E-state index in [0.29, 0.717) is 16.7 Å². The monoisotopic (exact) mass is 481 g/mol. The largest absolute Gasteiger partial charge is 0.325 e. The minimum atomic E-state index is -3.58. The second-order valence-electron chi connectivity index (χ2n) is 7.03. The van der Waals surface area contributed by atoms with Crippen LogP contribution in [0.4, 0.5) is 20.2 Å². The Kier molecular flexibility index (Phi) is 7.14. The smallest absolute Gasteiger partial charge is 0.234 e. The van der Waals surface area contributed by atoms with E-state index in [1.54, 1.807) is 23.7 Å². The van der Waals surface area contributed by atoms with Crippen LogP contribution in [0.25, 0.3) is 0 Å². The number of nitrogens with one attached hydrogen (secondary N) is 1. The highest BCUT2D eigenvalue weighted by molar-refractivity contribution is 7.99. The first-order chi connectivity index (χ1) is 15.0. The Hall–Kier alpha value is -2.99. The van der Waals surface area contributed by atoms with Gasteiger partial charge < -0.3 is 9.88 Å². The van der Waals surface area contributed by atoms with Crippen LogP contribution in [0.2, 0.25) is 0 Å². The van der Waals surface area contributed by atoms with Crippen LogP contribution in [0.1, 0.15) is 11.4 Å². The van der Waals surface area contributed by atoms with E-state index in [0.717, 1.165) is 35.7 Å². The third-order valence-corrected chi connectivity index (χ3v) is 6.63. The number of benzene rings is 2. The van der Waals surface area contributed by atoms with Gasteiger partial charge in [-0.15, -0.1) is 10.2 Å². The number of anilines is 2. The molecule has 2 aromatic carbocycles. The lowest BCUT2D eigenvalue weighted by Gasteiger charge is -2.22. The molecule has 0 fully saturated rings. The van der Waals surface area contributed by atoms with Gasteiger partial charge in [0.15, 0.2) is 22.6 Å². The number of sulfonamides is 1. The summed E-state index contributed by atoms with van der Waals surface area (Å²) < 4.78 is 53.7. The number of nitrogens with zero attached hydrogens (tertiary/aromatic N) is 4. The summed E-state index contributed by atoms with van der Waals surface area (Å²) in [5.41, 5.74) is 1.64. The van der Waals surface area contributed by atoms with E-state index < -0.39 is 27.6 Å². The molecule has 0 spiro atoms. The number of amides is 1. The van der Waals surface area contributed by atoms with E-state index in [1.165, 1.54) is 10.4 Å². The van der Waals surface area contributed by atoms with Crippen LogP contribution >= 0.6 is 11.8 Å². The maximum Gasteiger partial charge on any atom is 0.234 e. The van der Waals surface area contributed by atoms with Crippen molar-refractivity contribution in [3.8, 4) is 0 Å². The van der Waals surface area contributed by atoms with E-state index in [2.05, 4.69) is 15.5 Å². The number of rotatable bonds is 8. The zero-order valence-corrected chi connectivity index (χ0v) is 19.2. The van der Waals surface area contributed by atoms with Crippen LogP contribution in [0.5, 0.6) is 0 Å². The Morgan fingerprint density at radius 2 is 1.81 bits per heavy atom. The Bertz CT molecular complexity index is 1230. The van der Waals surface area contributed by atoms with Crippen molar-refractivity contribution < 1.29 is 22.0 Å². The van der Waals surface area contributed by atoms with Crippen molar-refractivity contribution in [3.63, 3.8) is 0 Å². The maximum absolute atomic E-state index is 13.3.